The molecule has 6 nitrogen and oxygen atoms in total. The van der Waals surface area contributed by atoms with Gasteiger partial charge in [-0.15, -0.1) is 0 Å². The van der Waals surface area contributed by atoms with Crippen LogP contribution < -0.4 is 9.88 Å². The van der Waals surface area contributed by atoms with Gasteiger partial charge in [-0.2, -0.15) is 17.0 Å². The number of rotatable bonds is 3. The van der Waals surface area contributed by atoms with Crippen molar-refractivity contribution in [1.29, 1.82) is 0 Å². The number of nitrogens with one attached hydrogen (secondary N) is 1. The second-order valence-corrected chi connectivity index (χ2v) is 8.31. The van der Waals surface area contributed by atoms with Gasteiger partial charge >= 0.3 is 0 Å². The van der Waals surface area contributed by atoms with Gasteiger partial charge in [-0.25, -0.2) is 4.98 Å². The van der Waals surface area contributed by atoms with Crippen molar-refractivity contribution in [1.82, 2.24) is 8.61 Å². The highest BCUT2D eigenvalue weighted by Gasteiger charge is 2.29. The van der Waals surface area contributed by atoms with Gasteiger partial charge in [-0.3, -0.25) is 0 Å². The molecule has 2 heterocycles. The van der Waals surface area contributed by atoms with E-state index in [4.69, 9.17) is 11.6 Å². The summed E-state index contributed by atoms with van der Waals surface area (Å²) in [6.07, 6.45) is 1.89. The third-order valence-corrected chi connectivity index (χ3v) is 6.28. The number of benzene rings is 1. The highest BCUT2D eigenvalue weighted by Crippen LogP contribution is 2.27. The Morgan fingerprint density at radius 3 is 2.48 bits per heavy atom. The van der Waals surface area contributed by atoms with Crippen LogP contribution in [-0.2, 0) is 10.2 Å². The van der Waals surface area contributed by atoms with E-state index in [0.717, 1.165) is 16.6 Å². The summed E-state index contributed by atoms with van der Waals surface area (Å²) in [4.78, 5) is 5.41. The lowest BCUT2D eigenvalue weighted by Crippen LogP contribution is -2.51. The van der Waals surface area contributed by atoms with E-state index in [2.05, 4.69) is 9.88 Å². The summed E-state index contributed by atoms with van der Waals surface area (Å²) in [7, 11) is -0.214. The molecule has 1 aromatic carbocycles. The highest BCUT2D eigenvalue weighted by molar-refractivity contribution is 7.86. The fourth-order valence-corrected chi connectivity index (χ4v) is 4.08. The van der Waals surface area contributed by atoms with Crippen molar-refractivity contribution in [3.63, 3.8) is 0 Å². The van der Waals surface area contributed by atoms with Crippen molar-refractivity contribution in [2.75, 3.05) is 45.2 Å². The predicted octanol–water partition coefficient (Wildman–Crippen LogP) is 1.24. The second-order valence-electron chi connectivity index (χ2n) is 5.73. The lowest BCUT2D eigenvalue weighted by atomic mass is 10.1. The fraction of sp³-hybridized carbons (Fsp3) is 0.400. The number of halogens is 1. The Morgan fingerprint density at radius 2 is 1.83 bits per heavy atom. The zero-order chi connectivity index (χ0) is 16.6. The monoisotopic (exact) mass is 355 g/mol. The summed E-state index contributed by atoms with van der Waals surface area (Å²) in [5, 5.41) is 1.77. The molecule has 8 heteroatoms. The normalized spacial score (nSPS) is 17.1. The highest BCUT2D eigenvalue weighted by atomic mass is 35.5. The summed E-state index contributed by atoms with van der Waals surface area (Å²) in [6.45, 7) is 2.28. The van der Waals surface area contributed by atoms with E-state index in [1.54, 1.807) is 14.1 Å². The van der Waals surface area contributed by atoms with Crippen LogP contribution in [0, 0.1) is 0 Å². The fourth-order valence-electron chi connectivity index (χ4n) is 2.83. The number of nitrogens with zero attached hydrogens (tertiary/aromatic N) is 3. The van der Waals surface area contributed by atoms with E-state index in [0.29, 0.717) is 31.2 Å². The Hall–Kier alpha value is -1.41. The predicted molar refractivity (Wildman–Crippen MR) is 91.9 cm³/mol. The van der Waals surface area contributed by atoms with Crippen LogP contribution in [0.5, 0.6) is 0 Å². The van der Waals surface area contributed by atoms with Gasteiger partial charge in [-0.1, -0.05) is 11.6 Å². The summed E-state index contributed by atoms with van der Waals surface area (Å²) < 4.78 is 27.2. The number of aromatic amines is 1. The van der Waals surface area contributed by atoms with Gasteiger partial charge in [0.1, 0.15) is 0 Å². The number of piperazine rings is 1. The molecule has 2 aromatic rings. The smallest absolute Gasteiger partial charge is 0.281 e. The molecule has 23 heavy (non-hydrogen) atoms. The maximum absolute atomic E-state index is 12.2. The van der Waals surface area contributed by atoms with Crippen LogP contribution in [0.3, 0.4) is 0 Å². The Kier molecular flexibility index (Phi) is 4.46. The van der Waals surface area contributed by atoms with E-state index < -0.39 is 10.2 Å². The Morgan fingerprint density at radius 1 is 1.13 bits per heavy atom. The number of fused-ring (bicyclic) bond motifs is 1. The minimum absolute atomic E-state index is 0.480. The van der Waals surface area contributed by atoms with Crippen LogP contribution in [-0.4, -0.2) is 57.3 Å². The van der Waals surface area contributed by atoms with E-state index in [1.165, 1.54) is 8.61 Å². The molecule has 1 saturated heterocycles. The first kappa shape index (κ1) is 16.4. The van der Waals surface area contributed by atoms with E-state index >= 15 is 0 Å². The minimum atomic E-state index is -3.34. The molecule has 1 fully saturated rings. The van der Waals surface area contributed by atoms with Gasteiger partial charge in [0.15, 0.2) is 6.20 Å². The molecule has 0 amide bonds. The molecule has 0 radical (unpaired) electrons. The maximum Gasteiger partial charge on any atom is 0.281 e. The van der Waals surface area contributed by atoms with Crippen molar-refractivity contribution >= 4 is 38.4 Å². The third kappa shape index (κ3) is 3.14. The molecule has 0 aliphatic carbocycles. The molecular weight excluding hydrogens is 336 g/mol. The van der Waals surface area contributed by atoms with Crippen LogP contribution in [0.2, 0.25) is 5.02 Å². The molecule has 0 bridgehead atoms. The zero-order valence-electron chi connectivity index (χ0n) is 13.2. The number of H-pyrrole nitrogens is 1. The van der Waals surface area contributed by atoms with E-state index in [1.807, 2.05) is 30.5 Å². The maximum atomic E-state index is 12.2. The Balaban J connectivity index is 1.84. The van der Waals surface area contributed by atoms with Crippen molar-refractivity contribution in [3.8, 4) is 0 Å². The SMILES string of the molecule is CN(C)S(=O)(=O)N1CCN(c2cc[nH+]c3cc(Cl)ccc23)CC1. The molecule has 1 aliphatic heterocycles. The van der Waals surface area contributed by atoms with Crippen LogP contribution in [0.1, 0.15) is 0 Å². The molecule has 0 atom stereocenters. The van der Waals surface area contributed by atoms with Gasteiger partial charge in [0.25, 0.3) is 10.2 Å². The molecular formula is C15H20ClN4O2S+. The first-order chi connectivity index (χ1) is 10.9. The number of hydrogen-bond acceptors (Lipinski definition) is 3. The Labute approximate surface area is 141 Å². The van der Waals surface area contributed by atoms with Gasteiger partial charge < -0.3 is 4.90 Å². The molecule has 0 unspecified atom stereocenters. The van der Waals surface area contributed by atoms with Gasteiger partial charge in [0.2, 0.25) is 5.52 Å². The van der Waals surface area contributed by atoms with Gasteiger partial charge in [0, 0.05) is 57.4 Å². The van der Waals surface area contributed by atoms with Crippen LogP contribution in [0.4, 0.5) is 5.69 Å². The lowest BCUT2D eigenvalue weighted by molar-refractivity contribution is -0.344. The van der Waals surface area contributed by atoms with Crippen molar-refractivity contribution in [3.05, 3.63) is 35.5 Å². The molecule has 1 N–H and O–H groups in total. The summed E-state index contributed by atoms with van der Waals surface area (Å²) in [5.41, 5.74) is 2.07. The average Bonchev–Trinajstić information content (AvgIpc) is 2.54. The molecule has 124 valence electrons. The zero-order valence-corrected chi connectivity index (χ0v) is 14.7. The number of pyridine rings is 1. The van der Waals surface area contributed by atoms with Crippen molar-refractivity contribution in [2.45, 2.75) is 0 Å². The van der Waals surface area contributed by atoms with Gasteiger partial charge in [-0.05, 0) is 12.1 Å². The largest absolute Gasteiger partial charge is 0.368 e. The first-order valence-electron chi connectivity index (χ1n) is 7.42. The standard InChI is InChI=1S/C15H19ClN4O2S/c1-18(2)23(21,22)20-9-7-19(8-10-20)15-5-6-17-14-11-12(16)3-4-13(14)15/h3-6,11H,7-10H2,1-2H3/p+1. The van der Waals surface area contributed by atoms with Crippen molar-refractivity contribution in [2.24, 2.45) is 0 Å². The van der Waals surface area contributed by atoms with Crippen molar-refractivity contribution < 1.29 is 13.4 Å². The summed E-state index contributed by atoms with van der Waals surface area (Å²) in [5.74, 6) is 0. The molecule has 3 rings (SSSR count). The number of anilines is 1. The Bertz CT molecular complexity index is 817. The molecule has 1 aromatic heterocycles. The minimum Gasteiger partial charge on any atom is -0.368 e. The van der Waals surface area contributed by atoms with E-state index in [-0.39, 0.29) is 0 Å². The lowest BCUT2D eigenvalue weighted by Gasteiger charge is -2.36. The summed E-state index contributed by atoms with van der Waals surface area (Å²) >= 11 is 6.04. The number of hydrogen-bond donors (Lipinski definition) is 0. The van der Waals surface area contributed by atoms with Gasteiger partial charge in [0.05, 0.1) is 11.1 Å². The number of aromatic nitrogens is 1. The average molecular weight is 356 g/mol. The second kappa shape index (κ2) is 6.24. The summed E-state index contributed by atoms with van der Waals surface area (Å²) in [6, 6.07) is 7.78. The molecule has 0 spiro atoms. The molecule has 1 aliphatic rings. The van der Waals surface area contributed by atoms with Crippen LogP contribution in [0.15, 0.2) is 30.5 Å². The topological polar surface area (TPSA) is 58.0 Å². The molecule has 0 saturated carbocycles. The van der Waals surface area contributed by atoms with Crippen LogP contribution >= 0.6 is 11.6 Å². The first-order valence-corrected chi connectivity index (χ1v) is 9.19. The van der Waals surface area contributed by atoms with Crippen LogP contribution in [0.25, 0.3) is 10.9 Å². The van der Waals surface area contributed by atoms with E-state index in [9.17, 15) is 8.42 Å². The quantitative estimate of drug-likeness (QED) is 0.832. The third-order valence-electron chi connectivity index (χ3n) is 4.10.